The molecule has 2 heterocycles. The molecule has 1 aromatic carbocycles. The normalized spacial score (nSPS) is 23.9. The molecule has 0 bridgehead atoms. The Morgan fingerprint density at radius 3 is 2.73 bits per heavy atom. The number of nitrogens with zero attached hydrogens (tertiary/aromatic N) is 1. The molecule has 6 nitrogen and oxygen atoms in total. The van der Waals surface area contributed by atoms with Crippen molar-refractivity contribution in [3.8, 4) is 17.2 Å². The van der Waals surface area contributed by atoms with Crippen LogP contribution in [0.4, 0.5) is 0 Å². The molecule has 22 heavy (non-hydrogen) atoms. The van der Waals surface area contributed by atoms with E-state index in [4.69, 9.17) is 19.3 Å². The van der Waals surface area contributed by atoms with E-state index in [-0.39, 0.29) is 12.1 Å². The van der Waals surface area contributed by atoms with Gasteiger partial charge in [-0.1, -0.05) is 0 Å². The van der Waals surface area contributed by atoms with Gasteiger partial charge in [0.2, 0.25) is 0 Å². The van der Waals surface area contributed by atoms with E-state index >= 15 is 0 Å². The molecule has 120 valence electrons. The largest absolute Gasteiger partial charge is 0.493 e. The second-order valence-electron chi connectivity index (χ2n) is 5.95. The molecule has 2 aliphatic rings. The Morgan fingerprint density at radius 2 is 2.05 bits per heavy atom. The maximum absolute atomic E-state index is 10.9. The second kappa shape index (κ2) is 5.68. The van der Waals surface area contributed by atoms with Gasteiger partial charge in [0, 0.05) is 25.6 Å². The number of carboxylic acids is 1. The maximum atomic E-state index is 10.9. The summed E-state index contributed by atoms with van der Waals surface area (Å²) >= 11 is 0. The van der Waals surface area contributed by atoms with Crippen LogP contribution in [0.3, 0.4) is 0 Å². The number of ether oxygens (including phenoxy) is 3. The van der Waals surface area contributed by atoms with Crippen LogP contribution in [0.1, 0.15) is 18.4 Å². The lowest BCUT2D eigenvalue weighted by Crippen LogP contribution is -2.43. The summed E-state index contributed by atoms with van der Waals surface area (Å²) in [5.41, 5.74) is 0.835. The van der Waals surface area contributed by atoms with Gasteiger partial charge in [-0.3, -0.25) is 9.69 Å². The summed E-state index contributed by atoms with van der Waals surface area (Å²) in [7, 11) is 3.23. The summed E-state index contributed by atoms with van der Waals surface area (Å²) in [5.74, 6) is 1.39. The molecular weight excluding hydrogens is 286 g/mol. The van der Waals surface area contributed by atoms with Gasteiger partial charge in [-0.15, -0.1) is 0 Å². The van der Waals surface area contributed by atoms with E-state index in [0.29, 0.717) is 18.0 Å². The van der Waals surface area contributed by atoms with Crippen molar-refractivity contribution in [2.24, 2.45) is 0 Å². The third-order valence-electron chi connectivity index (χ3n) is 4.50. The molecule has 1 N–H and O–H groups in total. The molecule has 1 atom stereocenters. The molecule has 1 unspecified atom stereocenters. The van der Waals surface area contributed by atoms with Crippen LogP contribution in [0.15, 0.2) is 12.1 Å². The molecule has 6 heteroatoms. The van der Waals surface area contributed by atoms with Crippen LogP contribution in [-0.4, -0.2) is 55.4 Å². The molecule has 0 amide bonds. The van der Waals surface area contributed by atoms with Crippen molar-refractivity contribution in [2.45, 2.75) is 24.9 Å². The Kier molecular flexibility index (Phi) is 3.87. The minimum Gasteiger partial charge on any atom is -0.493 e. The molecule has 1 aromatic rings. The average molecular weight is 307 g/mol. The van der Waals surface area contributed by atoms with Crippen LogP contribution >= 0.6 is 0 Å². The molecule has 1 spiro atoms. The fourth-order valence-corrected chi connectivity index (χ4v) is 3.38. The number of rotatable bonds is 4. The predicted molar refractivity (Wildman–Crippen MR) is 79.9 cm³/mol. The van der Waals surface area contributed by atoms with Crippen molar-refractivity contribution in [1.29, 1.82) is 0 Å². The first kappa shape index (κ1) is 15.0. The number of aryl methyl sites for hydroxylation is 1. The van der Waals surface area contributed by atoms with Crippen molar-refractivity contribution in [3.63, 3.8) is 0 Å². The number of benzene rings is 1. The summed E-state index contributed by atoms with van der Waals surface area (Å²) in [4.78, 5) is 12.8. The summed E-state index contributed by atoms with van der Waals surface area (Å²) in [6.07, 6.45) is 2.65. The van der Waals surface area contributed by atoms with Gasteiger partial charge in [0.05, 0.1) is 20.8 Å². The number of hydrogen-bond donors (Lipinski definition) is 1. The molecular formula is C16H21NO5. The zero-order valence-corrected chi connectivity index (χ0v) is 12.9. The molecule has 0 aliphatic carbocycles. The van der Waals surface area contributed by atoms with E-state index in [1.807, 2.05) is 17.0 Å². The van der Waals surface area contributed by atoms with Gasteiger partial charge in [-0.05, 0) is 24.5 Å². The predicted octanol–water partition coefficient (Wildman–Crippen LogP) is 1.56. The van der Waals surface area contributed by atoms with Crippen LogP contribution in [-0.2, 0) is 11.2 Å². The average Bonchev–Trinajstić information content (AvgIpc) is 2.87. The Balaban J connectivity index is 1.80. The van der Waals surface area contributed by atoms with E-state index in [2.05, 4.69) is 0 Å². The summed E-state index contributed by atoms with van der Waals surface area (Å²) < 4.78 is 16.9. The highest BCUT2D eigenvalue weighted by molar-refractivity contribution is 5.69. The quantitative estimate of drug-likeness (QED) is 0.910. The molecule has 0 radical (unpaired) electrons. The summed E-state index contributed by atoms with van der Waals surface area (Å²) in [6, 6.07) is 3.83. The molecule has 1 saturated heterocycles. The highest BCUT2D eigenvalue weighted by Crippen LogP contribution is 2.43. The van der Waals surface area contributed by atoms with Crippen LogP contribution in [0.25, 0.3) is 0 Å². The molecule has 1 fully saturated rings. The molecule has 2 aliphatic heterocycles. The topological polar surface area (TPSA) is 68.2 Å². The lowest BCUT2D eigenvalue weighted by molar-refractivity contribution is -0.138. The number of fused-ring (bicyclic) bond motifs is 1. The van der Waals surface area contributed by atoms with Crippen molar-refractivity contribution in [2.75, 3.05) is 33.9 Å². The Bertz CT molecular complexity index is 588. The number of likely N-dealkylation sites (tertiary alicyclic amines) is 1. The fourth-order valence-electron chi connectivity index (χ4n) is 3.38. The van der Waals surface area contributed by atoms with E-state index in [9.17, 15) is 4.79 Å². The first-order valence-electron chi connectivity index (χ1n) is 7.43. The number of aliphatic carboxylic acids is 1. The lowest BCUT2D eigenvalue weighted by atomic mass is 9.90. The Hall–Kier alpha value is -1.95. The van der Waals surface area contributed by atoms with Crippen molar-refractivity contribution < 1.29 is 24.1 Å². The summed E-state index contributed by atoms with van der Waals surface area (Å²) in [6.45, 7) is 1.49. The highest BCUT2D eigenvalue weighted by Gasteiger charge is 2.43. The van der Waals surface area contributed by atoms with Gasteiger partial charge in [0.1, 0.15) is 11.4 Å². The number of carbonyl (C=O) groups is 1. The third-order valence-corrected chi connectivity index (χ3v) is 4.50. The highest BCUT2D eigenvalue weighted by atomic mass is 16.5. The Morgan fingerprint density at radius 1 is 1.32 bits per heavy atom. The minimum atomic E-state index is -0.792. The maximum Gasteiger partial charge on any atom is 0.317 e. The first-order chi connectivity index (χ1) is 10.5. The minimum absolute atomic E-state index is 0.0733. The Labute approximate surface area is 129 Å². The molecule has 3 rings (SSSR count). The molecule has 0 saturated carbocycles. The van der Waals surface area contributed by atoms with Crippen molar-refractivity contribution in [3.05, 3.63) is 17.7 Å². The zero-order chi connectivity index (χ0) is 15.7. The van der Waals surface area contributed by atoms with Crippen LogP contribution < -0.4 is 14.2 Å². The number of hydrogen-bond acceptors (Lipinski definition) is 5. The van der Waals surface area contributed by atoms with Crippen LogP contribution in [0.2, 0.25) is 0 Å². The number of methoxy groups -OCH3 is 2. The van der Waals surface area contributed by atoms with Gasteiger partial charge in [-0.25, -0.2) is 0 Å². The molecule has 0 aromatic heterocycles. The van der Waals surface area contributed by atoms with Gasteiger partial charge in [0.25, 0.3) is 0 Å². The van der Waals surface area contributed by atoms with Gasteiger partial charge in [0.15, 0.2) is 11.5 Å². The number of carboxylic acid groups (broad SMARTS) is 1. The van der Waals surface area contributed by atoms with Crippen molar-refractivity contribution in [1.82, 2.24) is 4.90 Å². The third kappa shape index (κ3) is 2.70. The van der Waals surface area contributed by atoms with E-state index in [1.54, 1.807) is 14.2 Å². The van der Waals surface area contributed by atoms with Crippen LogP contribution in [0, 0.1) is 0 Å². The standard InChI is InChI=1S/C16H21NO5/c1-20-13-7-11-3-4-16(22-12(11)8-14(13)21-2)5-6-17(10-16)9-15(18)19/h7-8H,3-6,9-10H2,1-2H3,(H,18,19). The van der Waals surface area contributed by atoms with Crippen molar-refractivity contribution >= 4 is 5.97 Å². The van der Waals surface area contributed by atoms with Gasteiger partial charge >= 0.3 is 5.97 Å². The zero-order valence-electron chi connectivity index (χ0n) is 12.9. The van der Waals surface area contributed by atoms with Crippen LogP contribution in [0.5, 0.6) is 17.2 Å². The van der Waals surface area contributed by atoms with Gasteiger partial charge in [-0.2, -0.15) is 0 Å². The second-order valence-corrected chi connectivity index (χ2v) is 5.95. The smallest absolute Gasteiger partial charge is 0.317 e. The van der Waals surface area contributed by atoms with E-state index in [1.165, 1.54) is 0 Å². The van der Waals surface area contributed by atoms with E-state index < -0.39 is 5.97 Å². The lowest BCUT2D eigenvalue weighted by Gasteiger charge is -2.36. The summed E-state index contributed by atoms with van der Waals surface area (Å²) in [5, 5.41) is 8.93. The first-order valence-corrected chi connectivity index (χ1v) is 7.43. The fraction of sp³-hybridized carbons (Fsp3) is 0.562. The van der Waals surface area contributed by atoms with E-state index in [0.717, 1.165) is 37.1 Å². The SMILES string of the molecule is COc1cc2c(cc1OC)OC1(CC2)CCN(CC(=O)O)C1. The van der Waals surface area contributed by atoms with Gasteiger partial charge < -0.3 is 19.3 Å². The monoisotopic (exact) mass is 307 g/mol.